The second-order valence-corrected chi connectivity index (χ2v) is 5.03. The molecule has 0 radical (unpaired) electrons. The molecule has 1 rings (SSSR count). The Hall–Kier alpha value is -1.54. The van der Waals surface area contributed by atoms with Crippen LogP contribution in [-0.2, 0) is 4.74 Å². The molecule has 0 spiro atoms. The van der Waals surface area contributed by atoms with Crippen molar-refractivity contribution < 1.29 is 4.74 Å². The smallest absolute Gasteiger partial charge is 0.0797 e. The lowest BCUT2D eigenvalue weighted by Gasteiger charge is -2.21. The third-order valence-electron chi connectivity index (χ3n) is 2.97. The van der Waals surface area contributed by atoms with Gasteiger partial charge in [-0.25, -0.2) is 0 Å². The second kappa shape index (κ2) is 9.38. The fourth-order valence-electron chi connectivity index (χ4n) is 2.17. The Labute approximate surface area is 123 Å². The van der Waals surface area contributed by atoms with Crippen LogP contribution in [-0.4, -0.2) is 12.2 Å². The maximum Gasteiger partial charge on any atom is 0.0797 e. The summed E-state index contributed by atoms with van der Waals surface area (Å²) in [5.74, 6) is 0. The van der Waals surface area contributed by atoms with Crippen molar-refractivity contribution in [2.45, 2.75) is 52.2 Å². The normalized spacial score (nSPS) is 20.4. The molecule has 20 heavy (non-hydrogen) atoms. The topological polar surface area (TPSA) is 21.3 Å². The highest BCUT2D eigenvalue weighted by Gasteiger charge is 2.12. The van der Waals surface area contributed by atoms with Crippen LogP contribution in [0.15, 0.2) is 60.5 Å². The molecule has 0 aromatic heterocycles. The highest BCUT2D eigenvalue weighted by Crippen LogP contribution is 2.14. The van der Waals surface area contributed by atoms with E-state index in [4.69, 9.17) is 4.74 Å². The minimum Gasteiger partial charge on any atom is -0.370 e. The van der Waals surface area contributed by atoms with Crippen LogP contribution in [0, 0.1) is 0 Å². The number of nitrogens with one attached hydrogen (secondary N) is 1. The van der Waals surface area contributed by atoms with Gasteiger partial charge in [-0.3, -0.25) is 0 Å². The molecule has 0 bridgehead atoms. The largest absolute Gasteiger partial charge is 0.370 e. The van der Waals surface area contributed by atoms with Gasteiger partial charge in [0.05, 0.1) is 12.2 Å². The molecule has 0 saturated heterocycles. The van der Waals surface area contributed by atoms with E-state index >= 15 is 0 Å². The van der Waals surface area contributed by atoms with Gasteiger partial charge in [-0.2, -0.15) is 0 Å². The van der Waals surface area contributed by atoms with Gasteiger partial charge in [-0.05, 0) is 32.8 Å². The van der Waals surface area contributed by atoms with Crippen LogP contribution in [0.25, 0.3) is 0 Å². The van der Waals surface area contributed by atoms with Crippen LogP contribution in [0.5, 0.6) is 0 Å². The summed E-state index contributed by atoms with van der Waals surface area (Å²) in [6.45, 7) is 10.3. The van der Waals surface area contributed by atoms with Crippen molar-refractivity contribution >= 4 is 0 Å². The Morgan fingerprint density at radius 1 is 1.50 bits per heavy atom. The molecule has 0 fully saturated rings. The van der Waals surface area contributed by atoms with Gasteiger partial charge in [0.1, 0.15) is 0 Å². The molecule has 0 amide bonds. The number of rotatable bonds is 8. The summed E-state index contributed by atoms with van der Waals surface area (Å²) in [7, 11) is 0. The molecule has 0 aliphatic heterocycles. The first-order valence-electron chi connectivity index (χ1n) is 7.42. The van der Waals surface area contributed by atoms with E-state index < -0.39 is 0 Å². The maximum absolute atomic E-state index is 5.99. The van der Waals surface area contributed by atoms with Crippen molar-refractivity contribution in [3.63, 3.8) is 0 Å². The summed E-state index contributed by atoms with van der Waals surface area (Å²) in [6.07, 6.45) is 17.7. The lowest BCUT2D eigenvalue weighted by Crippen LogP contribution is -2.22. The van der Waals surface area contributed by atoms with Crippen LogP contribution in [0.2, 0.25) is 0 Å². The van der Waals surface area contributed by atoms with Crippen molar-refractivity contribution in [2.75, 3.05) is 0 Å². The third kappa shape index (κ3) is 6.58. The average molecular weight is 273 g/mol. The summed E-state index contributed by atoms with van der Waals surface area (Å²) < 4.78 is 5.99. The van der Waals surface area contributed by atoms with Crippen LogP contribution in [0.4, 0.5) is 0 Å². The Morgan fingerprint density at radius 3 is 2.90 bits per heavy atom. The molecule has 2 nitrogen and oxygen atoms in total. The van der Waals surface area contributed by atoms with E-state index in [0.717, 1.165) is 30.7 Å². The number of hydrogen-bond donors (Lipinski definition) is 1. The second-order valence-electron chi connectivity index (χ2n) is 5.03. The first-order chi connectivity index (χ1) is 9.65. The summed E-state index contributed by atoms with van der Waals surface area (Å²) in [5, 5.41) is 3.35. The van der Waals surface area contributed by atoms with E-state index in [1.165, 1.54) is 0 Å². The van der Waals surface area contributed by atoms with Crippen molar-refractivity contribution in [3.8, 4) is 0 Å². The molecule has 0 aromatic rings. The molecular weight excluding hydrogens is 246 g/mol. The Bertz CT molecular complexity index is 415. The van der Waals surface area contributed by atoms with Gasteiger partial charge in [0.25, 0.3) is 0 Å². The Balaban J connectivity index is 2.38. The van der Waals surface area contributed by atoms with Gasteiger partial charge in [-0.1, -0.05) is 50.0 Å². The van der Waals surface area contributed by atoms with Gasteiger partial charge in [0, 0.05) is 17.8 Å². The molecule has 110 valence electrons. The molecule has 1 aliphatic rings. The fourth-order valence-corrected chi connectivity index (χ4v) is 2.17. The van der Waals surface area contributed by atoms with E-state index in [1.54, 1.807) is 0 Å². The van der Waals surface area contributed by atoms with Crippen LogP contribution >= 0.6 is 0 Å². The van der Waals surface area contributed by atoms with Crippen molar-refractivity contribution in [1.82, 2.24) is 5.32 Å². The molecular formula is C18H27NO. The number of hydrogen-bond acceptors (Lipinski definition) is 2. The zero-order chi connectivity index (χ0) is 14.8. The summed E-state index contributed by atoms with van der Waals surface area (Å²) in [5.41, 5.74) is 2.10. The lowest BCUT2D eigenvalue weighted by atomic mass is 10.1. The lowest BCUT2D eigenvalue weighted by molar-refractivity contribution is 0.0255. The van der Waals surface area contributed by atoms with E-state index in [-0.39, 0.29) is 12.2 Å². The number of allylic oxidation sites excluding steroid dienone is 5. The molecule has 2 heteroatoms. The summed E-state index contributed by atoms with van der Waals surface area (Å²) >= 11 is 0. The molecule has 2 unspecified atom stereocenters. The zero-order valence-electron chi connectivity index (χ0n) is 12.9. The van der Waals surface area contributed by atoms with Gasteiger partial charge < -0.3 is 10.1 Å². The first kappa shape index (κ1) is 16.5. The highest BCUT2D eigenvalue weighted by molar-refractivity contribution is 5.20. The number of ether oxygens (including phenoxy) is 1. The monoisotopic (exact) mass is 273 g/mol. The minimum absolute atomic E-state index is 0.157. The van der Waals surface area contributed by atoms with E-state index in [0.29, 0.717) is 0 Å². The van der Waals surface area contributed by atoms with Crippen LogP contribution < -0.4 is 5.32 Å². The van der Waals surface area contributed by atoms with Crippen LogP contribution in [0.3, 0.4) is 0 Å². The summed E-state index contributed by atoms with van der Waals surface area (Å²) in [6, 6.07) is 0. The quantitative estimate of drug-likeness (QED) is 0.650. The maximum atomic E-state index is 5.99. The first-order valence-corrected chi connectivity index (χ1v) is 7.42. The standard InChI is InChI=1S/C18H27NO/c1-5-10-17(11-6-2)19-15(3)14-16(4)20-18-12-8-7-9-13-18/h5,7-12,16,18-19H,3,6,13-14H2,1-2,4H3/b10-5-,17-11+. The predicted molar refractivity (Wildman–Crippen MR) is 87.3 cm³/mol. The third-order valence-corrected chi connectivity index (χ3v) is 2.97. The van der Waals surface area contributed by atoms with Crippen molar-refractivity contribution in [1.29, 1.82) is 0 Å². The van der Waals surface area contributed by atoms with Gasteiger partial charge >= 0.3 is 0 Å². The zero-order valence-corrected chi connectivity index (χ0v) is 12.9. The van der Waals surface area contributed by atoms with Crippen LogP contribution in [0.1, 0.15) is 40.0 Å². The Morgan fingerprint density at radius 2 is 2.30 bits per heavy atom. The average Bonchev–Trinajstić information content (AvgIpc) is 2.40. The van der Waals surface area contributed by atoms with Crippen molar-refractivity contribution in [3.05, 3.63) is 60.5 Å². The van der Waals surface area contributed by atoms with E-state index in [2.05, 4.69) is 56.1 Å². The molecule has 2 atom stereocenters. The van der Waals surface area contributed by atoms with E-state index in [1.807, 2.05) is 19.1 Å². The molecule has 0 aromatic carbocycles. The SMILES string of the molecule is C=C(CC(C)OC1C=CC=CC1)NC(/C=C\C)=C/CC. The predicted octanol–water partition coefficient (Wildman–Crippen LogP) is 4.64. The Kier molecular flexibility index (Phi) is 7.74. The molecule has 0 saturated carbocycles. The molecule has 0 heterocycles. The van der Waals surface area contributed by atoms with Crippen molar-refractivity contribution in [2.24, 2.45) is 0 Å². The van der Waals surface area contributed by atoms with E-state index in [9.17, 15) is 0 Å². The van der Waals surface area contributed by atoms with Gasteiger partial charge in [-0.15, -0.1) is 0 Å². The molecule has 1 aliphatic carbocycles. The molecule has 1 N–H and O–H groups in total. The minimum atomic E-state index is 0.157. The summed E-state index contributed by atoms with van der Waals surface area (Å²) in [4.78, 5) is 0. The highest BCUT2D eigenvalue weighted by atomic mass is 16.5. The van der Waals surface area contributed by atoms with Gasteiger partial charge in [0.15, 0.2) is 0 Å². The fraction of sp³-hybridized carbons (Fsp3) is 0.444. The van der Waals surface area contributed by atoms with Gasteiger partial charge in [0.2, 0.25) is 0 Å².